The molecule has 0 spiro atoms. The summed E-state index contributed by atoms with van der Waals surface area (Å²) < 4.78 is 5.55. The maximum Gasteiger partial charge on any atom is 0.0904 e. The second-order valence-corrected chi connectivity index (χ2v) is 4.22. The van der Waals surface area contributed by atoms with E-state index in [2.05, 4.69) is 31.8 Å². The van der Waals surface area contributed by atoms with Gasteiger partial charge in [-0.2, -0.15) is 0 Å². The summed E-state index contributed by atoms with van der Waals surface area (Å²) in [5.74, 6) is 6.18. The van der Waals surface area contributed by atoms with Gasteiger partial charge in [-0.05, 0) is 18.9 Å². The molecule has 0 aromatic carbocycles. The van der Waals surface area contributed by atoms with Crippen LogP contribution >= 0.6 is 0 Å². The molecule has 90 valence electrons. The first-order valence-electron chi connectivity index (χ1n) is 6.26. The van der Waals surface area contributed by atoms with Crippen LogP contribution in [0.4, 0.5) is 0 Å². The van der Waals surface area contributed by atoms with E-state index in [0.717, 1.165) is 31.3 Å². The molecule has 2 atom stereocenters. The molecule has 1 rings (SSSR count). The second kappa shape index (κ2) is 7.49. The van der Waals surface area contributed by atoms with Crippen LogP contribution in [-0.2, 0) is 4.74 Å². The maximum atomic E-state index is 9.54. The van der Waals surface area contributed by atoms with Gasteiger partial charge in [0.2, 0.25) is 0 Å². The Morgan fingerprint density at radius 2 is 2.31 bits per heavy atom. The highest BCUT2D eigenvalue weighted by Crippen LogP contribution is 2.18. The molecule has 1 aliphatic rings. The molecule has 1 heterocycles. The Hall–Kier alpha value is -0.780. The van der Waals surface area contributed by atoms with Gasteiger partial charge in [-0.1, -0.05) is 38.5 Å². The van der Waals surface area contributed by atoms with Crippen molar-refractivity contribution in [2.75, 3.05) is 6.61 Å². The van der Waals surface area contributed by atoms with Crippen molar-refractivity contribution in [3.05, 3.63) is 11.6 Å². The number of aliphatic hydroxyl groups is 1. The average molecular weight is 222 g/mol. The zero-order valence-electron chi connectivity index (χ0n) is 10.3. The predicted molar refractivity (Wildman–Crippen MR) is 66.0 cm³/mol. The van der Waals surface area contributed by atoms with E-state index in [1.807, 2.05) is 0 Å². The monoisotopic (exact) mass is 222 g/mol. The number of hydrogen-bond acceptors (Lipinski definition) is 2. The van der Waals surface area contributed by atoms with Crippen LogP contribution in [0, 0.1) is 11.8 Å². The zero-order valence-corrected chi connectivity index (χ0v) is 10.3. The third kappa shape index (κ3) is 4.38. The summed E-state index contributed by atoms with van der Waals surface area (Å²) in [5, 5.41) is 9.54. The van der Waals surface area contributed by atoms with Gasteiger partial charge in [0.25, 0.3) is 0 Å². The highest BCUT2D eigenvalue weighted by molar-refractivity contribution is 5.34. The molecule has 0 fully saturated rings. The van der Waals surface area contributed by atoms with Crippen LogP contribution in [0.15, 0.2) is 11.6 Å². The van der Waals surface area contributed by atoms with Gasteiger partial charge < -0.3 is 9.84 Å². The molecule has 0 amide bonds. The predicted octanol–water partition coefficient (Wildman–Crippen LogP) is 2.67. The van der Waals surface area contributed by atoms with Crippen molar-refractivity contribution in [2.24, 2.45) is 0 Å². The molecule has 2 unspecified atom stereocenters. The molecule has 0 saturated carbocycles. The van der Waals surface area contributed by atoms with Gasteiger partial charge in [-0.15, -0.1) is 0 Å². The molecule has 0 aliphatic carbocycles. The fourth-order valence-electron chi connectivity index (χ4n) is 1.81. The van der Waals surface area contributed by atoms with Crippen molar-refractivity contribution in [3.8, 4) is 11.8 Å². The van der Waals surface area contributed by atoms with Crippen molar-refractivity contribution in [2.45, 2.75) is 58.2 Å². The van der Waals surface area contributed by atoms with Gasteiger partial charge in [-0.3, -0.25) is 0 Å². The molecule has 2 heteroatoms. The number of hydrogen-bond donors (Lipinski definition) is 1. The van der Waals surface area contributed by atoms with Crippen LogP contribution in [-0.4, -0.2) is 23.9 Å². The molecule has 0 aromatic heterocycles. The molecule has 16 heavy (non-hydrogen) atoms. The smallest absolute Gasteiger partial charge is 0.0904 e. The summed E-state index contributed by atoms with van der Waals surface area (Å²) in [6, 6.07) is 0. The first-order valence-corrected chi connectivity index (χ1v) is 6.26. The van der Waals surface area contributed by atoms with Gasteiger partial charge in [0.05, 0.1) is 18.8 Å². The van der Waals surface area contributed by atoms with Crippen LogP contribution in [0.3, 0.4) is 0 Å². The fraction of sp³-hybridized carbons (Fsp3) is 0.714. The highest BCUT2D eigenvalue weighted by Gasteiger charge is 2.16. The second-order valence-electron chi connectivity index (χ2n) is 4.22. The van der Waals surface area contributed by atoms with Crippen molar-refractivity contribution in [1.82, 2.24) is 0 Å². The Labute approximate surface area is 98.7 Å². The topological polar surface area (TPSA) is 29.5 Å². The van der Waals surface area contributed by atoms with Gasteiger partial charge in [0.15, 0.2) is 0 Å². The van der Waals surface area contributed by atoms with E-state index in [1.165, 1.54) is 0 Å². The Morgan fingerprint density at radius 3 is 3.00 bits per heavy atom. The summed E-state index contributed by atoms with van der Waals surface area (Å²) in [4.78, 5) is 0. The van der Waals surface area contributed by atoms with Crippen molar-refractivity contribution in [3.63, 3.8) is 0 Å². The van der Waals surface area contributed by atoms with Crippen LogP contribution in [0.5, 0.6) is 0 Å². The van der Waals surface area contributed by atoms with Crippen LogP contribution in [0.25, 0.3) is 0 Å². The van der Waals surface area contributed by atoms with E-state index < -0.39 is 0 Å². The van der Waals surface area contributed by atoms with Crippen molar-refractivity contribution < 1.29 is 9.84 Å². The van der Waals surface area contributed by atoms with Gasteiger partial charge >= 0.3 is 0 Å². The molecule has 0 radical (unpaired) electrons. The summed E-state index contributed by atoms with van der Waals surface area (Å²) >= 11 is 0. The normalized spacial score (nSPS) is 21.2. The number of aliphatic hydroxyl groups excluding tert-OH is 1. The minimum absolute atomic E-state index is 0.195. The highest BCUT2D eigenvalue weighted by atomic mass is 16.5. The maximum absolute atomic E-state index is 9.54. The number of rotatable bonds is 5. The van der Waals surface area contributed by atoms with Gasteiger partial charge in [0, 0.05) is 12.0 Å². The molecule has 1 N–H and O–H groups in total. The van der Waals surface area contributed by atoms with Crippen LogP contribution < -0.4 is 0 Å². The minimum Gasteiger partial charge on any atom is -0.392 e. The van der Waals surface area contributed by atoms with E-state index in [4.69, 9.17) is 4.74 Å². The van der Waals surface area contributed by atoms with E-state index in [0.29, 0.717) is 13.0 Å². The molecule has 0 aromatic rings. The fourth-order valence-corrected chi connectivity index (χ4v) is 1.81. The molecular formula is C14H22O2. The van der Waals surface area contributed by atoms with E-state index in [9.17, 15) is 5.11 Å². The number of ether oxygens (including phenoxy) is 1. The quantitative estimate of drug-likeness (QED) is 0.725. The summed E-state index contributed by atoms with van der Waals surface area (Å²) in [6.07, 6.45) is 6.55. The Bertz CT molecular complexity index is 283. The van der Waals surface area contributed by atoms with Gasteiger partial charge in [0.1, 0.15) is 0 Å². The van der Waals surface area contributed by atoms with E-state index in [-0.39, 0.29) is 12.2 Å². The largest absolute Gasteiger partial charge is 0.392 e. The van der Waals surface area contributed by atoms with Crippen molar-refractivity contribution in [1.29, 1.82) is 0 Å². The SMILES string of the molecule is CCCC(O)CC#CC1=CCOC1CCC. The van der Waals surface area contributed by atoms with Crippen LogP contribution in [0.1, 0.15) is 46.0 Å². The molecule has 0 bridgehead atoms. The lowest BCUT2D eigenvalue weighted by molar-refractivity contribution is 0.117. The lowest BCUT2D eigenvalue weighted by Crippen LogP contribution is -2.08. The third-order valence-corrected chi connectivity index (χ3v) is 2.69. The molecule has 2 nitrogen and oxygen atoms in total. The standard InChI is InChI=1S/C14H22O2/c1-3-6-13(15)9-5-8-12-10-11-16-14(12)7-4-2/h10,13-15H,3-4,6-7,9,11H2,1-2H3. The third-order valence-electron chi connectivity index (χ3n) is 2.69. The van der Waals surface area contributed by atoms with Gasteiger partial charge in [-0.25, -0.2) is 0 Å². The summed E-state index contributed by atoms with van der Waals surface area (Å²) in [6.45, 7) is 4.91. The Balaban J connectivity index is 2.38. The van der Waals surface area contributed by atoms with Crippen molar-refractivity contribution >= 4 is 0 Å². The van der Waals surface area contributed by atoms with E-state index >= 15 is 0 Å². The summed E-state index contributed by atoms with van der Waals surface area (Å²) in [7, 11) is 0. The lowest BCUT2D eigenvalue weighted by Gasteiger charge is -2.08. The van der Waals surface area contributed by atoms with Crippen LogP contribution in [0.2, 0.25) is 0 Å². The molecule has 1 aliphatic heterocycles. The zero-order chi connectivity index (χ0) is 11.8. The average Bonchev–Trinajstić information content (AvgIpc) is 2.67. The first kappa shape index (κ1) is 13.3. The molecular weight excluding hydrogens is 200 g/mol. The Morgan fingerprint density at radius 1 is 1.50 bits per heavy atom. The Kier molecular flexibility index (Phi) is 6.22. The van der Waals surface area contributed by atoms with E-state index in [1.54, 1.807) is 0 Å². The lowest BCUT2D eigenvalue weighted by atomic mass is 10.1. The minimum atomic E-state index is -0.273. The first-order chi connectivity index (χ1) is 7.77. The summed E-state index contributed by atoms with van der Waals surface area (Å²) in [5.41, 5.74) is 1.10. The molecule has 0 saturated heterocycles.